The molecule has 0 spiro atoms. The van der Waals surface area contributed by atoms with Crippen molar-refractivity contribution in [3.8, 4) is 17.1 Å². The number of nitrogens with zero attached hydrogens (tertiary/aromatic N) is 4. The summed E-state index contributed by atoms with van der Waals surface area (Å²) in [6.07, 6.45) is 3.43. The Morgan fingerprint density at radius 2 is 2.04 bits per heavy atom. The van der Waals surface area contributed by atoms with Crippen LogP contribution in [0.5, 0.6) is 5.75 Å². The molecule has 9 heteroatoms. The highest BCUT2D eigenvalue weighted by molar-refractivity contribution is 8.00. The number of hydrogen-bond donors (Lipinski definition) is 1. The van der Waals surface area contributed by atoms with Gasteiger partial charge in [-0.15, -0.1) is 10.2 Å². The Balaban J connectivity index is 1.76. The van der Waals surface area contributed by atoms with Gasteiger partial charge in [0.25, 0.3) is 0 Å². The summed E-state index contributed by atoms with van der Waals surface area (Å²) in [5.74, 6) is 1.12. The summed E-state index contributed by atoms with van der Waals surface area (Å²) >= 11 is 7.37. The van der Waals surface area contributed by atoms with E-state index in [1.165, 1.54) is 11.8 Å². The summed E-state index contributed by atoms with van der Waals surface area (Å²) in [5, 5.41) is 12.2. The molecule has 0 radical (unpaired) electrons. The van der Waals surface area contributed by atoms with Crippen LogP contribution in [0.2, 0.25) is 5.02 Å². The first-order chi connectivity index (χ1) is 13.5. The number of carbonyl (C=O) groups excluding carboxylic acids is 1. The lowest BCUT2D eigenvalue weighted by atomic mass is 10.2. The van der Waals surface area contributed by atoms with Crippen molar-refractivity contribution in [2.24, 2.45) is 0 Å². The van der Waals surface area contributed by atoms with E-state index >= 15 is 0 Å². The predicted molar refractivity (Wildman–Crippen MR) is 111 cm³/mol. The van der Waals surface area contributed by atoms with Gasteiger partial charge in [-0.25, -0.2) is 0 Å². The Morgan fingerprint density at radius 3 is 2.71 bits per heavy atom. The van der Waals surface area contributed by atoms with Gasteiger partial charge in [0.15, 0.2) is 11.0 Å². The quantitative estimate of drug-likeness (QED) is 0.582. The number of ether oxygens (including phenoxy) is 1. The second kappa shape index (κ2) is 9.07. The highest BCUT2D eigenvalue weighted by atomic mass is 35.5. The van der Waals surface area contributed by atoms with Crippen molar-refractivity contribution in [2.75, 3.05) is 12.4 Å². The van der Waals surface area contributed by atoms with E-state index in [-0.39, 0.29) is 5.91 Å². The van der Waals surface area contributed by atoms with Gasteiger partial charge < -0.3 is 14.6 Å². The molecule has 3 aromatic rings. The molecule has 0 fully saturated rings. The van der Waals surface area contributed by atoms with E-state index in [2.05, 4.69) is 20.5 Å². The molecule has 0 saturated heterocycles. The number of halogens is 1. The minimum absolute atomic E-state index is 0.179. The monoisotopic (exact) mass is 417 g/mol. The lowest BCUT2D eigenvalue weighted by Crippen LogP contribution is -2.23. The third-order valence-electron chi connectivity index (χ3n) is 4.04. The fourth-order valence-corrected chi connectivity index (χ4v) is 3.68. The fraction of sp³-hybridized carbons (Fsp3) is 0.263. The standard InChI is InChI=1S/C19H20ClN5O2S/c1-4-25-17(13-7-9-21-10-8-13)23-24-19(25)28-12(2)18(26)22-15-11-14(20)5-6-16(15)27-3/h5-12H,4H2,1-3H3,(H,22,26)/t12-/m0/s1. The van der Waals surface area contributed by atoms with Crippen LogP contribution in [0.3, 0.4) is 0 Å². The number of amides is 1. The Labute approximate surface area is 172 Å². The molecule has 28 heavy (non-hydrogen) atoms. The topological polar surface area (TPSA) is 81.9 Å². The SMILES string of the molecule is CCn1c(S[C@@H](C)C(=O)Nc2cc(Cl)ccc2OC)nnc1-c1ccncc1. The number of benzene rings is 1. The summed E-state index contributed by atoms with van der Waals surface area (Å²) < 4.78 is 7.25. The Morgan fingerprint density at radius 1 is 1.29 bits per heavy atom. The van der Waals surface area contributed by atoms with Crippen LogP contribution in [0.25, 0.3) is 11.4 Å². The number of pyridine rings is 1. The van der Waals surface area contributed by atoms with E-state index in [0.717, 1.165) is 11.4 Å². The Kier molecular flexibility index (Phi) is 6.53. The maximum Gasteiger partial charge on any atom is 0.237 e. The van der Waals surface area contributed by atoms with Crippen LogP contribution in [0.4, 0.5) is 5.69 Å². The fourth-order valence-electron chi connectivity index (χ4n) is 2.60. The largest absolute Gasteiger partial charge is 0.495 e. The molecule has 1 N–H and O–H groups in total. The maximum atomic E-state index is 12.7. The zero-order chi connectivity index (χ0) is 20.1. The smallest absolute Gasteiger partial charge is 0.237 e. The predicted octanol–water partition coefficient (Wildman–Crippen LogP) is 4.14. The Bertz CT molecular complexity index is 964. The minimum atomic E-state index is -0.400. The zero-order valence-corrected chi connectivity index (χ0v) is 17.3. The molecular weight excluding hydrogens is 398 g/mol. The van der Waals surface area contributed by atoms with Crippen molar-refractivity contribution in [1.29, 1.82) is 0 Å². The molecule has 0 aliphatic carbocycles. The highest BCUT2D eigenvalue weighted by Gasteiger charge is 2.21. The van der Waals surface area contributed by atoms with Crippen LogP contribution >= 0.6 is 23.4 Å². The molecular formula is C19H20ClN5O2S. The molecule has 0 aliphatic heterocycles. The highest BCUT2D eigenvalue weighted by Crippen LogP contribution is 2.30. The van der Waals surface area contributed by atoms with E-state index < -0.39 is 5.25 Å². The number of rotatable bonds is 7. The third-order valence-corrected chi connectivity index (χ3v) is 5.36. The molecule has 1 atom stereocenters. The normalized spacial score (nSPS) is 11.9. The number of thioether (sulfide) groups is 1. The van der Waals surface area contributed by atoms with Crippen LogP contribution in [-0.4, -0.2) is 38.0 Å². The number of hydrogen-bond acceptors (Lipinski definition) is 6. The first-order valence-electron chi connectivity index (χ1n) is 8.68. The summed E-state index contributed by atoms with van der Waals surface area (Å²) in [4.78, 5) is 16.7. The molecule has 146 valence electrons. The van der Waals surface area contributed by atoms with Crippen LogP contribution in [-0.2, 0) is 11.3 Å². The van der Waals surface area contributed by atoms with Crippen LogP contribution in [0, 0.1) is 0 Å². The van der Waals surface area contributed by atoms with E-state index in [4.69, 9.17) is 16.3 Å². The van der Waals surface area contributed by atoms with Gasteiger partial charge in [-0.05, 0) is 44.2 Å². The number of aromatic nitrogens is 4. The lowest BCUT2D eigenvalue weighted by Gasteiger charge is -2.14. The van der Waals surface area contributed by atoms with E-state index in [1.807, 2.05) is 30.5 Å². The number of anilines is 1. The first kappa shape index (κ1) is 20.2. The summed E-state index contributed by atoms with van der Waals surface area (Å²) in [5.41, 5.74) is 1.46. The van der Waals surface area contributed by atoms with Gasteiger partial charge in [0, 0.05) is 29.5 Å². The van der Waals surface area contributed by atoms with Gasteiger partial charge in [0.05, 0.1) is 18.0 Å². The molecule has 1 aromatic carbocycles. The molecule has 2 aromatic heterocycles. The van der Waals surface area contributed by atoms with Gasteiger partial charge >= 0.3 is 0 Å². The second-order valence-electron chi connectivity index (χ2n) is 5.88. The maximum absolute atomic E-state index is 12.7. The molecule has 0 bridgehead atoms. The average Bonchev–Trinajstić information content (AvgIpc) is 3.11. The van der Waals surface area contributed by atoms with Crippen molar-refractivity contribution in [3.05, 3.63) is 47.7 Å². The molecule has 1 amide bonds. The summed E-state index contributed by atoms with van der Waals surface area (Å²) in [6, 6.07) is 8.84. The number of methoxy groups -OCH3 is 1. The van der Waals surface area contributed by atoms with Crippen molar-refractivity contribution in [3.63, 3.8) is 0 Å². The van der Waals surface area contributed by atoms with Gasteiger partial charge in [0.1, 0.15) is 5.75 Å². The molecule has 0 unspecified atom stereocenters. The molecule has 2 heterocycles. The van der Waals surface area contributed by atoms with Gasteiger partial charge in [-0.1, -0.05) is 23.4 Å². The molecule has 0 saturated carbocycles. The van der Waals surface area contributed by atoms with Crippen LogP contribution in [0.1, 0.15) is 13.8 Å². The van der Waals surface area contributed by atoms with Crippen molar-refractivity contribution in [2.45, 2.75) is 30.8 Å². The van der Waals surface area contributed by atoms with Crippen molar-refractivity contribution < 1.29 is 9.53 Å². The van der Waals surface area contributed by atoms with Crippen LogP contribution in [0.15, 0.2) is 47.9 Å². The Hall–Kier alpha value is -2.58. The minimum Gasteiger partial charge on any atom is -0.495 e. The third kappa shape index (κ3) is 4.45. The average molecular weight is 418 g/mol. The molecule has 0 aliphatic rings. The number of nitrogens with one attached hydrogen (secondary N) is 1. The summed E-state index contributed by atoms with van der Waals surface area (Å²) in [7, 11) is 1.54. The van der Waals surface area contributed by atoms with Crippen molar-refractivity contribution >= 4 is 35.0 Å². The summed E-state index contributed by atoms with van der Waals surface area (Å²) in [6.45, 7) is 4.51. The van der Waals surface area contributed by atoms with Crippen LogP contribution < -0.4 is 10.1 Å². The first-order valence-corrected chi connectivity index (χ1v) is 9.94. The van der Waals surface area contributed by atoms with E-state index in [9.17, 15) is 4.79 Å². The van der Waals surface area contributed by atoms with Gasteiger partial charge in [-0.2, -0.15) is 0 Å². The zero-order valence-electron chi connectivity index (χ0n) is 15.7. The van der Waals surface area contributed by atoms with Crippen molar-refractivity contribution in [1.82, 2.24) is 19.7 Å². The van der Waals surface area contributed by atoms with Gasteiger partial charge in [-0.3, -0.25) is 9.78 Å². The van der Waals surface area contributed by atoms with E-state index in [0.29, 0.717) is 28.2 Å². The molecule has 7 nitrogen and oxygen atoms in total. The second-order valence-corrected chi connectivity index (χ2v) is 7.62. The van der Waals surface area contributed by atoms with Gasteiger partial charge in [0.2, 0.25) is 5.91 Å². The number of carbonyl (C=O) groups is 1. The molecule has 3 rings (SSSR count). The van der Waals surface area contributed by atoms with E-state index in [1.54, 1.807) is 37.7 Å². The lowest BCUT2D eigenvalue weighted by molar-refractivity contribution is -0.115.